The number of carbonyl (C=O) groups is 1. The molecular formula is C21H20ClN3O3. The summed E-state index contributed by atoms with van der Waals surface area (Å²) >= 11 is 6.23. The molecule has 1 aromatic carbocycles. The Kier molecular flexibility index (Phi) is 4.96. The van der Waals surface area contributed by atoms with E-state index < -0.39 is 0 Å². The van der Waals surface area contributed by atoms with Gasteiger partial charge in [0, 0.05) is 25.4 Å². The van der Waals surface area contributed by atoms with Crippen molar-refractivity contribution in [3.8, 4) is 11.5 Å². The Hall–Kier alpha value is -2.99. The van der Waals surface area contributed by atoms with Crippen molar-refractivity contribution < 1.29 is 14.3 Å². The van der Waals surface area contributed by atoms with Crippen molar-refractivity contribution in [2.24, 2.45) is 0 Å². The number of hydrogen-bond acceptors (Lipinski definition) is 4. The maximum atomic E-state index is 12.7. The molecule has 1 amide bonds. The van der Waals surface area contributed by atoms with Gasteiger partial charge in [0.25, 0.3) is 0 Å². The Labute approximate surface area is 168 Å². The fourth-order valence-corrected chi connectivity index (χ4v) is 3.70. The molecule has 0 spiro atoms. The van der Waals surface area contributed by atoms with Gasteiger partial charge in [-0.15, -0.1) is 0 Å². The second kappa shape index (κ2) is 7.56. The van der Waals surface area contributed by atoms with E-state index in [4.69, 9.17) is 21.1 Å². The number of halogens is 1. The van der Waals surface area contributed by atoms with Gasteiger partial charge >= 0.3 is 0 Å². The molecule has 0 bridgehead atoms. The standard InChI is InChI=1S/C21H20ClN3O3/c1-27-17-11-14-8-10-24(13-15(14)12-18(17)28-2)20(26)7-6-16-21(22)23-19-5-3-4-9-25(16)19/h3-7,9,11-12H,8,10,13H2,1-2H3. The van der Waals surface area contributed by atoms with Gasteiger partial charge in [-0.05, 0) is 47.9 Å². The average molecular weight is 398 g/mol. The van der Waals surface area contributed by atoms with Crippen molar-refractivity contribution in [1.29, 1.82) is 0 Å². The number of methoxy groups -OCH3 is 2. The zero-order chi connectivity index (χ0) is 19.7. The van der Waals surface area contributed by atoms with Crippen LogP contribution in [0.25, 0.3) is 11.7 Å². The molecule has 0 saturated carbocycles. The van der Waals surface area contributed by atoms with E-state index in [1.54, 1.807) is 26.4 Å². The number of amides is 1. The van der Waals surface area contributed by atoms with Crippen molar-refractivity contribution in [2.45, 2.75) is 13.0 Å². The molecule has 3 heterocycles. The van der Waals surface area contributed by atoms with E-state index in [1.165, 1.54) is 5.56 Å². The molecule has 0 unspecified atom stereocenters. The monoisotopic (exact) mass is 397 g/mol. The smallest absolute Gasteiger partial charge is 0.246 e. The van der Waals surface area contributed by atoms with E-state index in [9.17, 15) is 4.79 Å². The minimum Gasteiger partial charge on any atom is -0.493 e. The summed E-state index contributed by atoms with van der Waals surface area (Å²) in [6.45, 7) is 1.17. The van der Waals surface area contributed by atoms with Gasteiger partial charge in [0.15, 0.2) is 16.7 Å². The number of pyridine rings is 1. The van der Waals surface area contributed by atoms with Crippen molar-refractivity contribution in [2.75, 3.05) is 20.8 Å². The Morgan fingerprint density at radius 3 is 2.68 bits per heavy atom. The summed E-state index contributed by atoms with van der Waals surface area (Å²) < 4.78 is 12.6. The van der Waals surface area contributed by atoms with Gasteiger partial charge in [0.1, 0.15) is 5.65 Å². The molecule has 3 aromatic rings. The van der Waals surface area contributed by atoms with Crippen molar-refractivity contribution >= 4 is 29.2 Å². The molecule has 2 aromatic heterocycles. The summed E-state index contributed by atoms with van der Waals surface area (Å²) in [4.78, 5) is 18.8. The molecule has 0 radical (unpaired) electrons. The normalized spacial score (nSPS) is 13.8. The predicted molar refractivity (Wildman–Crippen MR) is 108 cm³/mol. The van der Waals surface area contributed by atoms with E-state index in [2.05, 4.69) is 4.98 Å². The van der Waals surface area contributed by atoms with Gasteiger partial charge < -0.3 is 14.4 Å². The fourth-order valence-electron chi connectivity index (χ4n) is 3.46. The lowest BCUT2D eigenvalue weighted by molar-refractivity contribution is -0.126. The molecule has 1 aliphatic heterocycles. The van der Waals surface area contributed by atoms with Crippen LogP contribution in [-0.4, -0.2) is 41.0 Å². The highest BCUT2D eigenvalue weighted by Crippen LogP contribution is 2.33. The first-order valence-corrected chi connectivity index (χ1v) is 9.32. The van der Waals surface area contributed by atoms with E-state index >= 15 is 0 Å². The topological polar surface area (TPSA) is 56.1 Å². The predicted octanol–water partition coefficient (Wildman–Crippen LogP) is 3.60. The minimum absolute atomic E-state index is 0.0672. The molecule has 1 aliphatic rings. The van der Waals surface area contributed by atoms with Gasteiger partial charge in [-0.2, -0.15) is 0 Å². The highest BCUT2D eigenvalue weighted by Gasteiger charge is 2.22. The maximum Gasteiger partial charge on any atom is 0.246 e. The largest absolute Gasteiger partial charge is 0.493 e. The molecule has 144 valence electrons. The molecule has 0 N–H and O–H groups in total. The van der Waals surface area contributed by atoms with Crippen LogP contribution >= 0.6 is 11.6 Å². The lowest BCUT2D eigenvalue weighted by Crippen LogP contribution is -2.34. The second-order valence-electron chi connectivity index (χ2n) is 6.54. The third-order valence-electron chi connectivity index (χ3n) is 4.94. The minimum atomic E-state index is -0.0672. The Morgan fingerprint density at radius 1 is 1.18 bits per heavy atom. The number of nitrogens with zero attached hydrogens (tertiary/aromatic N) is 3. The second-order valence-corrected chi connectivity index (χ2v) is 6.89. The molecule has 0 saturated heterocycles. The lowest BCUT2D eigenvalue weighted by atomic mass is 9.98. The number of imidazole rings is 1. The summed E-state index contributed by atoms with van der Waals surface area (Å²) in [6, 6.07) is 9.59. The third-order valence-corrected chi connectivity index (χ3v) is 5.21. The van der Waals surface area contributed by atoms with Crippen molar-refractivity contribution in [1.82, 2.24) is 14.3 Å². The summed E-state index contributed by atoms with van der Waals surface area (Å²) in [5, 5.41) is 0.371. The maximum absolute atomic E-state index is 12.7. The fraction of sp³-hybridized carbons (Fsp3) is 0.238. The lowest BCUT2D eigenvalue weighted by Gasteiger charge is -2.28. The summed E-state index contributed by atoms with van der Waals surface area (Å²) in [6.07, 6.45) is 5.91. The van der Waals surface area contributed by atoms with Crippen LogP contribution in [0.4, 0.5) is 0 Å². The van der Waals surface area contributed by atoms with E-state index in [-0.39, 0.29) is 5.91 Å². The van der Waals surface area contributed by atoms with Crippen LogP contribution in [-0.2, 0) is 17.8 Å². The highest BCUT2D eigenvalue weighted by molar-refractivity contribution is 6.31. The van der Waals surface area contributed by atoms with Crippen LogP contribution in [0.3, 0.4) is 0 Å². The first-order chi connectivity index (χ1) is 13.6. The molecule has 0 fully saturated rings. The number of fused-ring (bicyclic) bond motifs is 2. The molecule has 6 nitrogen and oxygen atoms in total. The van der Waals surface area contributed by atoms with Gasteiger partial charge in [-0.25, -0.2) is 4.98 Å². The number of hydrogen-bond donors (Lipinski definition) is 0. The van der Waals surface area contributed by atoms with Crippen LogP contribution in [0.15, 0.2) is 42.6 Å². The van der Waals surface area contributed by atoms with Crippen LogP contribution < -0.4 is 9.47 Å². The van der Waals surface area contributed by atoms with E-state index in [0.29, 0.717) is 35.4 Å². The van der Waals surface area contributed by atoms with Crippen LogP contribution in [0.1, 0.15) is 16.8 Å². The van der Waals surface area contributed by atoms with Crippen molar-refractivity contribution in [3.05, 3.63) is 64.6 Å². The Morgan fingerprint density at radius 2 is 1.93 bits per heavy atom. The highest BCUT2D eigenvalue weighted by atomic mass is 35.5. The van der Waals surface area contributed by atoms with Gasteiger partial charge in [-0.1, -0.05) is 17.7 Å². The molecular weight excluding hydrogens is 378 g/mol. The zero-order valence-corrected chi connectivity index (χ0v) is 16.4. The molecule has 0 aliphatic carbocycles. The summed E-state index contributed by atoms with van der Waals surface area (Å²) in [5.41, 5.74) is 3.68. The SMILES string of the molecule is COc1cc2c(cc1OC)CN(C(=O)C=Cc1c(Cl)nc3ccccn13)CC2. The summed E-state index contributed by atoms with van der Waals surface area (Å²) in [5.74, 6) is 1.31. The first kappa shape index (κ1) is 18.4. The van der Waals surface area contributed by atoms with Gasteiger partial charge in [-0.3, -0.25) is 9.20 Å². The third kappa shape index (κ3) is 3.31. The summed E-state index contributed by atoms with van der Waals surface area (Å²) in [7, 11) is 3.23. The number of aromatic nitrogens is 2. The van der Waals surface area contributed by atoms with Gasteiger partial charge in [0.05, 0.1) is 19.9 Å². The number of benzene rings is 1. The number of rotatable bonds is 4. The molecule has 0 atom stereocenters. The Bertz CT molecular complexity index is 1070. The van der Waals surface area contributed by atoms with E-state index in [1.807, 2.05) is 45.8 Å². The van der Waals surface area contributed by atoms with Crippen molar-refractivity contribution in [3.63, 3.8) is 0 Å². The number of carbonyl (C=O) groups excluding carboxylic acids is 1. The van der Waals surface area contributed by atoms with Gasteiger partial charge in [0.2, 0.25) is 5.91 Å². The van der Waals surface area contributed by atoms with Crippen LogP contribution in [0.2, 0.25) is 5.15 Å². The van der Waals surface area contributed by atoms with E-state index in [0.717, 1.165) is 17.6 Å². The molecule has 4 rings (SSSR count). The number of ether oxygens (including phenoxy) is 2. The zero-order valence-electron chi connectivity index (χ0n) is 15.7. The molecule has 28 heavy (non-hydrogen) atoms. The quantitative estimate of drug-likeness (QED) is 0.631. The van der Waals surface area contributed by atoms with Crippen LogP contribution in [0, 0.1) is 0 Å². The first-order valence-electron chi connectivity index (χ1n) is 8.94. The Balaban J connectivity index is 1.55. The van der Waals surface area contributed by atoms with Crippen LogP contribution in [0.5, 0.6) is 11.5 Å². The average Bonchev–Trinajstić information content (AvgIpc) is 3.05. The molecule has 7 heteroatoms.